The first-order valence-electron chi connectivity index (χ1n) is 7.46. The summed E-state index contributed by atoms with van der Waals surface area (Å²) in [7, 11) is 0. The highest BCUT2D eigenvalue weighted by atomic mass is 16.1. The summed E-state index contributed by atoms with van der Waals surface area (Å²) >= 11 is 0. The molecule has 3 nitrogen and oxygen atoms in total. The SMILES string of the molecule is O=C(NC1CC1)c1cccc(NCC2CCCC2)c1. The Kier molecular flexibility index (Phi) is 3.72. The van der Waals surface area contributed by atoms with Gasteiger partial charge in [-0.2, -0.15) is 0 Å². The van der Waals surface area contributed by atoms with E-state index in [2.05, 4.69) is 10.6 Å². The van der Waals surface area contributed by atoms with E-state index in [4.69, 9.17) is 0 Å². The molecule has 0 radical (unpaired) electrons. The molecule has 19 heavy (non-hydrogen) atoms. The Bertz CT molecular complexity index is 448. The second-order valence-corrected chi connectivity index (χ2v) is 5.86. The number of benzene rings is 1. The summed E-state index contributed by atoms with van der Waals surface area (Å²) in [5.41, 5.74) is 1.83. The monoisotopic (exact) mass is 258 g/mol. The van der Waals surface area contributed by atoms with Gasteiger partial charge in [0, 0.05) is 23.8 Å². The normalized spacial score (nSPS) is 19.4. The van der Waals surface area contributed by atoms with E-state index in [0.29, 0.717) is 6.04 Å². The number of hydrogen-bond acceptors (Lipinski definition) is 2. The van der Waals surface area contributed by atoms with Crippen LogP contribution < -0.4 is 10.6 Å². The van der Waals surface area contributed by atoms with Crippen molar-refractivity contribution >= 4 is 11.6 Å². The summed E-state index contributed by atoms with van der Waals surface area (Å²) in [5.74, 6) is 0.871. The quantitative estimate of drug-likeness (QED) is 0.851. The van der Waals surface area contributed by atoms with Gasteiger partial charge in [-0.3, -0.25) is 4.79 Å². The van der Waals surface area contributed by atoms with Gasteiger partial charge in [0.15, 0.2) is 0 Å². The van der Waals surface area contributed by atoms with Crippen LogP contribution in [0, 0.1) is 5.92 Å². The van der Waals surface area contributed by atoms with Crippen LogP contribution in [0.4, 0.5) is 5.69 Å². The number of hydrogen-bond donors (Lipinski definition) is 2. The topological polar surface area (TPSA) is 41.1 Å². The van der Waals surface area contributed by atoms with E-state index in [1.165, 1.54) is 25.7 Å². The van der Waals surface area contributed by atoms with E-state index in [0.717, 1.165) is 36.6 Å². The molecule has 0 bridgehead atoms. The van der Waals surface area contributed by atoms with Crippen molar-refractivity contribution < 1.29 is 4.79 Å². The zero-order valence-corrected chi connectivity index (χ0v) is 11.3. The van der Waals surface area contributed by atoms with E-state index in [9.17, 15) is 4.79 Å². The van der Waals surface area contributed by atoms with Gasteiger partial charge < -0.3 is 10.6 Å². The highest BCUT2D eigenvalue weighted by molar-refractivity contribution is 5.95. The molecule has 102 valence electrons. The molecule has 3 heteroatoms. The third kappa shape index (κ3) is 3.49. The van der Waals surface area contributed by atoms with Crippen molar-refractivity contribution in [2.45, 2.75) is 44.6 Å². The first-order valence-corrected chi connectivity index (χ1v) is 7.46. The lowest BCUT2D eigenvalue weighted by molar-refractivity contribution is 0.0951. The second kappa shape index (κ2) is 5.64. The van der Waals surface area contributed by atoms with Crippen LogP contribution in [0.2, 0.25) is 0 Å². The minimum atomic E-state index is 0.0621. The van der Waals surface area contributed by atoms with Crippen molar-refractivity contribution in [1.29, 1.82) is 0 Å². The van der Waals surface area contributed by atoms with Gasteiger partial charge in [0.2, 0.25) is 0 Å². The van der Waals surface area contributed by atoms with Gasteiger partial charge in [0.25, 0.3) is 5.91 Å². The van der Waals surface area contributed by atoms with E-state index >= 15 is 0 Å². The molecule has 0 unspecified atom stereocenters. The van der Waals surface area contributed by atoms with Crippen molar-refractivity contribution in [2.24, 2.45) is 5.92 Å². The van der Waals surface area contributed by atoms with Crippen LogP contribution in [0.15, 0.2) is 24.3 Å². The average Bonchev–Trinajstić information content (AvgIpc) is 3.09. The molecule has 1 amide bonds. The molecule has 0 spiro atoms. The molecule has 0 aromatic heterocycles. The fourth-order valence-electron chi connectivity index (χ4n) is 2.74. The van der Waals surface area contributed by atoms with Crippen LogP contribution in [0.5, 0.6) is 0 Å². The third-order valence-corrected chi connectivity index (χ3v) is 4.11. The van der Waals surface area contributed by atoms with Crippen LogP contribution in [-0.2, 0) is 0 Å². The molecule has 2 saturated carbocycles. The lowest BCUT2D eigenvalue weighted by atomic mass is 10.1. The van der Waals surface area contributed by atoms with E-state index in [-0.39, 0.29) is 5.91 Å². The highest BCUT2D eigenvalue weighted by Crippen LogP contribution is 2.25. The minimum Gasteiger partial charge on any atom is -0.385 e. The Balaban J connectivity index is 1.56. The summed E-state index contributed by atoms with van der Waals surface area (Å²) in [4.78, 5) is 12.0. The lowest BCUT2D eigenvalue weighted by Crippen LogP contribution is -2.25. The molecular formula is C16H22N2O. The zero-order valence-electron chi connectivity index (χ0n) is 11.3. The van der Waals surface area contributed by atoms with Gasteiger partial charge >= 0.3 is 0 Å². The molecule has 0 heterocycles. The minimum absolute atomic E-state index is 0.0621. The number of amides is 1. The largest absolute Gasteiger partial charge is 0.385 e. The van der Waals surface area contributed by atoms with Gasteiger partial charge in [-0.05, 0) is 49.8 Å². The van der Waals surface area contributed by atoms with Crippen LogP contribution in [0.3, 0.4) is 0 Å². The Hall–Kier alpha value is -1.51. The van der Waals surface area contributed by atoms with Crippen LogP contribution in [0.25, 0.3) is 0 Å². The zero-order chi connectivity index (χ0) is 13.1. The maximum absolute atomic E-state index is 12.0. The molecule has 2 N–H and O–H groups in total. The number of nitrogens with one attached hydrogen (secondary N) is 2. The number of carbonyl (C=O) groups is 1. The molecule has 1 aromatic carbocycles. The summed E-state index contributed by atoms with van der Waals surface area (Å²) < 4.78 is 0. The molecule has 2 aliphatic rings. The molecule has 0 aliphatic heterocycles. The van der Waals surface area contributed by atoms with Gasteiger partial charge in [-0.1, -0.05) is 18.9 Å². The van der Waals surface area contributed by atoms with E-state index < -0.39 is 0 Å². The molecule has 2 fully saturated rings. The maximum atomic E-state index is 12.0. The lowest BCUT2D eigenvalue weighted by Gasteiger charge is -2.12. The fourth-order valence-corrected chi connectivity index (χ4v) is 2.74. The highest BCUT2D eigenvalue weighted by Gasteiger charge is 2.23. The molecule has 0 saturated heterocycles. The Morgan fingerprint density at radius 2 is 1.95 bits per heavy atom. The molecule has 2 aliphatic carbocycles. The fraction of sp³-hybridized carbons (Fsp3) is 0.562. The first-order chi connectivity index (χ1) is 9.31. The standard InChI is InChI=1S/C16H22N2O/c19-16(18-14-8-9-14)13-6-3-7-15(10-13)17-11-12-4-1-2-5-12/h3,6-7,10,12,14,17H,1-2,4-5,8-9,11H2,(H,18,19). The third-order valence-electron chi connectivity index (χ3n) is 4.11. The maximum Gasteiger partial charge on any atom is 0.251 e. The van der Waals surface area contributed by atoms with Gasteiger partial charge in [-0.15, -0.1) is 0 Å². The average molecular weight is 258 g/mol. The summed E-state index contributed by atoms with van der Waals surface area (Å²) in [5, 5.41) is 6.50. The predicted octanol–water partition coefficient (Wildman–Crippen LogP) is 3.18. The van der Waals surface area contributed by atoms with Crippen molar-refractivity contribution in [2.75, 3.05) is 11.9 Å². The van der Waals surface area contributed by atoms with Crippen LogP contribution in [0.1, 0.15) is 48.9 Å². The summed E-state index contributed by atoms with van der Waals surface area (Å²) in [6.45, 7) is 1.04. The first kappa shape index (κ1) is 12.5. The van der Waals surface area contributed by atoms with E-state index in [1.807, 2.05) is 24.3 Å². The van der Waals surface area contributed by atoms with E-state index in [1.54, 1.807) is 0 Å². The molecular weight excluding hydrogens is 236 g/mol. The van der Waals surface area contributed by atoms with Crippen molar-refractivity contribution in [3.8, 4) is 0 Å². The smallest absolute Gasteiger partial charge is 0.251 e. The Labute approximate surface area is 114 Å². The van der Waals surface area contributed by atoms with Gasteiger partial charge in [0.05, 0.1) is 0 Å². The van der Waals surface area contributed by atoms with Crippen molar-refractivity contribution in [3.05, 3.63) is 29.8 Å². The summed E-state index contributed by atoms with van der Waals surface area (Å²) in [6, 6.07) is 8.27. The molecule has 3 rings (SSSR count). The van der Waals surface area contributed by atoms with Crippen LogP contribution in [-0.4, -0.2) is 18.5 Å². The number of carbonyl (C=O) groups excluding carboxylic acids is 1. The van der Waals surface area contributed by atoms with Crippen molar-refractivity contribution in [1.82, 2.24) is 5.32 Å². The van der Waals surface area contributed by atoms with Crippen LogP contribution >= 0.6 is 0 Å². The Morgan fingerprint density at radius 1 is 1.16 bits per heavy atom. The van der Waals surface area contributed by atoms with Gasteiger partial charge in [0.1, 0.15) is 0 Å². The summed E-state index contributed by atoms with van der Waals surface area (Å²) in [6.07, 6.45) is 7.69. The van der Waals surface area contributed by atoms with Gasteiger partial charge in [-0.25, -0.2) is 0 Å². The van der Waals surface area contributed by atoms with Crippen molar-refractivity contribution in [3.63, 3.8) is 0 Å². The number of anilines is 1. The predicted molar refractivity (Wildman–Crippen MR) is 77.4 cm³/mol. The number of rotatable bonds is 5. The molecule has 0 atom stereocenters. The molecule has 1 aromatic rings. The Morgan fingerprint density at radius 3 is 2.68 bits per heavy atom. The second-order valence-electron chi connectivity index (χ2n) is 5.86.